The van der Waals surface area contributed by atoms with E-state index in [0.29, 0.717) is 22.9 Å². The van der Waals surface area contributed by atoms with Crippen molar-refractivity contribution in [1.82, 2.24) is 9.78 Å². The average molecular weight is 464 g/mol. The van der Waals surface area contributed by atoms with Gasteiger partial charge in [0.25, 0.3) is 0 Å². The van der Waals surface area contributed by atoms with Crippen molar-refractivity contribution in [3.63, 3.8) is 0 Å². The number of fused-ring (bicyclic) bond motifs is 1. The number of allylic oxidation sites excluding steroid dienone is 2. The van der Waals surface area contributed by atoms with Gasteiger partial charge in [-0.05, 0) is 54.7 Å². The first-order valence-corrected chi connectivity index (χ1v) is 11.4. The first-order chi connectivity index (χ1) is 15.9. The Kier molecular flexibility index (Phi) is 5.41. The summed E-state index contributed by atoms with van der Waals surface area (Å²) in [7, 11) is 3.23. The van der Waals surface area contributed by atoms with E-state index in [4.69, 9.17) is 26.2 Å². The third-order valence-corrected chi connectivity index (χ3v) is 6.69. The van der Waals surface area contributed by atoms with E-state index in [2.05, 4.69) is 12.2 Å². The fourth-order valence-electron chi connectivity index (χ4n) is 4.97. The standard InChI is InChI=1S/C26H26ClN3O3/c1-14-11-19-24(20(31)12-14)25(17-7-10-21(32-3)22(13-17)33-4)30-26(28-19)23(15(2)29-30)16-5-8-18(27)9-6-16/h5-10,13-14,25,28H,11-12H2,1-4H3/t14-,25-/m0/s1. The van der Waals surface area contributed by atoms with Crippen LogP contribution in [0.15, 0.2) is 53.7 Å². The zero-order valence-corrected chi connectivity index (χ0v) is 19.9. The van der Waals surface area contributed by atoms with Crippen LogP contribution in [0.2, 0.25) is 5.02 Å². The van der Waals surface area contributed by atoms with Crippen molar-refractivity contribution in [3.8, 4) is 22.6 Å². The molecule has 2 aromatic carbocycles. The van der Waals surface area contributed by atoms with Crippen LogP contribution in [0.3, 0.4) is 0 Å². The molecular weight excluding hydrogens is 438 g/mol. The molecule has 3 aromatic rings. The lowest BCUT2D eigenvalue weighted by Crippen LogP contribution is -2.33. The second-order valence-corrected chi connectivity index (χ2v) is 9.17. The number of nitrogens with zero attached hydrogens (tertiary/aromatic N) is 2. The second-order valence-electron chi connectivity index (χ2n) is 8.73. The Balaban J connectivity index is 1.73. The molecule has 0 fully saturated rings. The monoisotopic (exact) mass is 463 g/mol. The van der Waals surface area contributed by atoms with Crippen LogP contribution in [0.5, 0.6) is 11.5 Å². The molecule has 1 aliphatic heterocycles. The summed E-state index contributed by atoms with van der Waals surface area (Å²) in [5, 5.41) is 9.18. The number of nitrogens with one attached hydrogen (secondary N) is 1. The molecule has 0 unspecified atom stereocenters. The number of ketones is 1. The SMILES string of the molecule is COc1ccc([C@H]2C3=C(C[C@H](C)CC3=O)Nc3c(-c4ccc(Cl)cc4)c(C)nn32)cc1OC. The Hall–Kier alpha value is -3.25. The van der Waals surface area contributed by atoms with E-state index in [1.165, 1.54) is 0 Å². The van der Waals surface area contributed by atoms with Gasteiger partial charge in [-0.1, -0.05) is 36.7 Å². The normalized spacial score (nSPS) is 19.6. The van der Waals surface area contributed by atoms with Crippen molar-refractivity contribution < 1.29 is 14.3 Å². The summed E-state index contributed by atoms with van der Waals surface area (Å²) in [5.74, 6) is 2.59. The van der Waals surface area contributed by atoms with Gasteiger partial charge < -0.3 is 14.8 Å². The molecule has 2 aliphatic rings. The van der Waals surface area contributed by atoms with Crippen molar-refractivity contribution in [2.45, 2.75) is 32.7 Å². The molecule has 2 heterocycles. The molecule has 1 aliphatic carbocycles. The van der Waals surface area contributed by atoms with Crippen molar-refractivity contribution in [3.05, 3.63) is 70.0 Å². The maximum absolute atomic E-state index is 13.3. The van der Waals surface area contributed by atoms with Crippen molar-refractivity contribution in [2.75, 3.05) is 19.5 Å². The number of Topliss-reactive ketones (excluding diaryl/α,β-unsaturated/α-hetero) is 1. The molecule has 7 heteroatoms. The van der Waals surface area contributed by atoms with E-state index in [0.717, 1.165) is 45.9 Å². The summed E-state index contributed by atoms with van der Waals surface area (Å²) in [6.07, 6.45) is 1.35. The highest BCUT2D eigenvalue weighted by atomic mass is 35.5. The van der Waals surface area contributed by atoms with Gasteiger partial charge in [0.15, 0.2) is 17.3 Å². The van der Waals surface area contributed by atoms with Gasteiger partial charge in [-0.2, -0.15) is 5.10 Å². The highest BCUT2D eigenvalue weighted by Gasteiger charge is 2.39. The number of methoxy groups -OCH3 is 2. The molecule has 170 valence electrons. The first kappa shape index (κ1) is 21.6. The topological polar surface area (TPSA) is 65.4 Å². The van der Waals surface area contributed by atoms with Gasteiger partial charge in [-0.25, -0.2) is 4.68 Å². The van der Waals surface area contributed by atoms with Gasteiger partial charge in [0.2, 0.25) is 0 Å². The highest BCUT2D eigenvalue weighted by molar-refractivity contribution is 6.30. The highest BCUT2D eigenvalue weighted by Crippen LogP contribution is 2.47. The van der Waals surface area contributed by atoms with Crippen molar-refractivity contribution in [1.29, 1.82) is 0 Å². The molecule has 6 nitrogen and oxygen atoms in total. The minimum absolute atomic E-state index is 0.155. The van der Waals surface area contributed by atoms with Crippen LogP contribution >= 0.6 is 11.6 Å². The number of hydrogen-bond donors (Lipinski definition) is 1. The minimum Gasteiger partial charge on any atom is -0.493 e. The second kappa shape index (κ2) is 8.27. The first-order valence-electron chi connectivity index (χ1n) is 11.0. The molecule has 0 amide bonds. The molecular formula is C26H26ClN3O3. The lowest BCUT2D eigenvalue weighted by Gasteiger charge is -2.35. The van der Waals surface area contributed by atoms with E-state index >= 15 is 0 Å². The molecule has 2 atom stereocenters. The predicted octanol–water partition coefficient (Wildman–Crippen LogP) is 5.80. The van der Waals surface area contributed by atoms with E-state index in [1.807, 2.05) is 54.1 Å². The van der Waals surface area contributed by atoms with E-state index in [1.54, 1.807) is 14.2 Å². The molecule has 0 saturated heterocycles. The maximum atomic E-state index is 13.3. The Bertz CT molecular complexity index is 1280. The van der Waals surface area contributed by atoms with Crippen molar-refractivity contribution >= 4 is 23.2 Å². The van der Waals surface area contributed by atoms with Crippen LogP contribution < -0.4 is 14.8 Å². The smallest absolute Gasteiger partial charge is 0.163 e. The van der Waals surface area contributed by atoms with Crippen LogP contribution in [0.1, 0.15) is 37.1 Å². The van der Waals surface area contributed by atoms with Gasteiger partial charge in [0.1, 0.15) is 11.9 Å². The number of halogens is 1. The van der Waals surface area contributed by atoms with E-state index < -0.39 is 0 Å². The van der Waals surface area contributed by atoms with E-state index in [-0.39, 0.29) is 17.7 Å². The molecule has 1 N–H and O–H groups in total. The van der Waals surface area contributed by atoms with Gasteiger partial charge in [-0.3, -0.25) is 4.79 Å². The van der Waals surface area contributed by atoms with Gasteiger partial charge in [0, 0.05) is 28.3 Å². The maximum Gasteiger partial charge on any atom is 0.163 e. The molecule has 0 saturated carbocycles. The summed E-state index contributed by atoms with van der Waals surface area (Å²) in [6, 6.07) is 13.2. The molecule has 0 radical (unpaired) electrons. The van der Waals surface area contributed by atoms with Crippen molar-refractivity contribution in [2.24, 2.45) is 5.92 Å². The summed E-state index contributed by atoms with van der Waals surface area (Å²) >= 11 is 6.13. The number of carbonyl (C=O) groups excluding carboxylic acids is 1. The number of rotatable bonds is 4. The number of ether oxygens (including phenoxy) is 2. The van der Waals surface area contributed by atoms with Crippen LogP contribution in [-0.2, 0) is 4.79 Å². The number of benzene rings is 2. The molecule has 1 aromatic heterocycles. The molecule has 5 rings (SSSR count). The lowest BCUT2D eigenvalue weighted by atomic mass is 9.81. The number of hydrogen-bond acceptors (Lipinski definition) is 5. The van der Waals surface area contributed by atoms with Gasteiger partial charge >= 0.3 is 0 Å². The summed E-state index contributed by atoms with van der Waals surface area (Å²) < 4.78 is 12.9. The zero-order chi connectivity index (χ0) is 23.3. The fourth-order valence-corrected chi connectivity index (χ4v) is 5.10. The van der Waals surface area contributed by atoms with Crippen LogP contribution in [0, 0.1) is 12.8 Å². The quantitative estimate of drug-likeness (QED) is 0.530. The lowest BCUT2D eigenvalue weighted by molar-refractivity contribution is -0.117. The predicted molar refractivity (Wildman–Crippen MR) is 129 cm³/mol. The minimum atomic E-state index is -0.351. The van der Waals surface area contributed by atoms with Crippen LogP contribution in [0.25, 0.3) is 11.1 Å². The van der Waals surface area contributed by atoms with E-state index in [9.17, 15) is 4.79 Å². The Morgan fingerprint density at radius 1 is 1.06 bits per heavy atom. The Morgan fingerprint density at radius 3 is 2.48 bits per heavy atom. The average Bonchev–Trinajstić information content (AvgIpc) is 3.12. The van der Waals surface area contributed by atoms with Crippen LogP contribution in [-0.4, -0.2) is 29.8 Å². The number of aryl methyl sites for hydroxylation is 1. The summed E-state index contributed by atoms with van der Waals surface area (Å²) in [4.78, 5) is 13.3. The van der Waals surface area contributed by atoms with Crippen LogP contribution in [0.4, 0.5) is 5.82 Å². The largest absolute Gasteiger partial charge is 0.493 e. The molecule has 0 spiro atoms. The number of anilines is 1. The third-order valence-electron chi connectivity index (χ3n) is 6.44. The number of aromatic nitrogens is 2. The van der Waals surface area contributed by atoms with Gasteiger partial charge in [-0.15, -0.1) is 0 Å². The summed E-state index contributed by atoms with van der Waals surface area (Å²) in [6.45, 7) is 4.11. The molecule has 33 heavy (non-hydrogen) atoms. The molecule has 0 bridgehead atoms. The fraction of sp³-hybridized carbons (Fsp3) is 0.308. The van der Waals surface area contributed by atoms with Gasteiger partial charge in [0.05, 0.1) is 19.9 Å². The Morgan fingerprint density at radius 2 is 1.79 bits per heavy atom. The Labute approximate surface area is 198 Å². The zero-order valence-electron chi connectivity index (χ0n) is 19.1. The third kappa shape index (κ3) is 3.59. The summed E-state index contributed by atoms with van der Waals surface area (Å²) in [5.41, 5.74) is 5.59. The number of carbonyl (C=O) groups is 1.